The number of esters is 1. The van der Waals surface area contributed by atoms with E-state index in [0.29, 0.717) is 16.6 Å². The summed E-state index contributed by atoms with van der Waals surface area (Å²) in [6.45, 7) is 1.96. The molecular formula is C20H18BrN3O4. The Balaban J connectivity index is 1.77. The Bertz CT molecular complexity index is 1120. The van der Waals surface area contributed by atoms with Gasteiger partial charge in [-0.1, -0.05) is 28.1 Å². The number of carbonyl (C=O) groups is 2. The largest absolute Gasteiger partial charge is 0.465 e. The average Bonchev–Trinajstić information content (AvgIpc) is 2.69. The Labute approximate surface area is 169 Å². The molecule has 1 N–H and O–H groups in total. The van der Waals surface area contributed by atoms with Crippen molar-refractivity contribution in [2.45, 2.75) is 19.9 Å². The second kappa shape index (κ2) is 8.35. The topological polar surface area (TPSA) is 90.3 Å². The number of amides is 1. The molecule has 1 heterocycles. The quantitative estimate of drug-likeness (QED) is 0.610. The summed E-state index contributed by atoms with van der Waals surface area (Å²) in [6, 6.07) is 10.4. The number of aromatic nitrogens is 2. The molecule has 2 aromatic carbocycles. The van der Waals surface area contributed by atoms with Crippen LogP contribution in [0.1, 0.15) is 22.3 Å². The highest BCUT2D eigenvalue weighted by molar-refractivity contribution is 9.10. The summed E-state index contributed by atoms with van der Waals surface area (Å²) in [5.74, 6) is -0.847. The van der Waals surface area contributed by atoms with E-state index < -0.39 is 5.97 Å². The number of rotatable bonds is 5. The zero-order chi connectivity index (χ0) is 20.3. The number of para-hydroxylation sites is 1. The van der Waals surface area contributed by atoms with Crippen LogP contribution in [-0.4, -0.2) is 28.5 Å². The van der Waals surface area contributed by atoms with E-state index in [-0.39, 0.29) is 30.0 Å². The van der Waals surface area contributed by atoms with Crippen molar-refractivity contribution in [3.05, 3.63) is 68.7 Å². The van der Waals surface area contributed by atoms with Crippen LogP contribution in [0.5, 0.6) is 0 Å². The zero-order valence-corrected chi connectivity index (χ0v) is 16.9. The van der Waals surface area contributed by atoms with Crippen molar-refractivity contribution in [3.8, 4) is 0 Å². The number of nitrogens with zero attached hydrogens (tertiary/aromatic N) is 2. The van der Waals surface area contributed by atoms with Crippen LogP contribution in [0, 0.1) is 6.92 Å². The van der Waals surface area contributed by atoms with E-state index >= 15 is 0 Å². The van der Waals surface area contributed by atoms with Crippen LogP contribution in [-0.2, 0) is 16.1 Å². The van der Waals surface area contributed by atoms with Crippen LogP contribution in [0.15, 0.2) is 52.0 Å². The molecule has 0 unspecified atom stereocenters. The van der Waals surface area contributed by atoms with Crippen LogP contribution >= 0.6 is 15.9 Å². The number of anilines is 1. The van der Waals surface area contributed by atoms with Crippen LogP contribution < -0.4 is 10.9 Å². The molecule has 0 atom stereocenters. The lowest BCUT2D eigenvalue weighted by atomic mass is 10.1. The molecular weight excluding hydrogens is 426 g/mol. The van der Waals surface area contributed by atoms with Crippen molar-refractivity contribution in [2.75, 3.05) is 12.4 Å². The maximum atomic E-state index is 12.6. The molecule has 0 fully saturated rings. The summed E-state index contributed by atoms with van der Waals surface area (Å²) in [4.78, 5) is 41.2. The van der Waals surface area contributed by atoms with Crippen molar-refractivity contribution in [1.82, 2.24) is 9.55 Å². The van der Waals surface area contributed by atoms with Gasteiger partial charge in [0.05, 0.1) is 35.6 Å². The molecule has 1 amide bonds. The third kappa shape index (κ3) is 4.12. The molecule has 0 spiro atoms. The van der Waals surface area contributed by atoms with Gasteiger partial charge in [-0.3, -0.25) is 14.2 Å². The Morgan fingerprint density at radius 2 is 2.04 bits per heavy atom. The van der Waals surface area contributed by atoms with Gasteiger partial charge >= 0.3 is 5.97 Å². The number of hydrogen-bond acceptors (Lipinski definition) is 5. The number of ether oxygens (including phenoxy) is 1. The minimum atomic E-state index is -0.528. The van der Waals surface area contributed by atoms with Gasteiger partial charge < -0.3 is 10.1 Å². The number of hydrogen-bond donors (Lipinski definition) is 1. The fourth-order valence-electron chi connectivity index (χ4n) is 2.83. The molecule has 0 radical (unpaired) electrons. The first-order valence-electron chi connectivity index (χ1n) is 8.53. The van der Waals surface area contributed by atoms with Crippen LogP contribution in [0.3, 0.4) is 0 Å². The van der Waals surface area contributed by atoms with Gasteiger partial charge in [0.1, 0.15) is 0 Å². The SMILES string of the molecule is COC(=O)c1cccc(C)c1NC(=O)CCn1cnc2ccc(Br)cc2c1=O. The monoisotopic (exact) mass is 443 g/mol. The maximum Gasteiger partial charge on any atom is 0.339 e. The zero-order valence-electron chi connectivity index (χ0n) is 15.4. The molecule has 144 valence electrons. The predicted molar refractivity (Wildman–Crippen MR) is 109 cm³/mol. The van der Waals surface area contributed by atoms with Gasteiger partial charge in [-0.25, -0.2) is 9.78 Å². The molecule has 8 heteroatoms. The predicted octanol–water partition coefficient (Wildman–Crippen LogP) is 3.28. The van der Waals surface area contributed by atoms with Crippen molar-refractivity contribution in [3.63, 3.8) is 0 Å². The third-order valence-corrected chi connectivity index (χ3v) is 4.80. The minimum Gasteiger partial charge on any atom is -0.465 e. The molecule has 0 aliphatic rings. The lowest BCUT2D eigenvalue weighted by molar-refractivity contribution is -0.116. The maximum absolute atomic E-state index is 12.6. The number of benzene rings is 2. The van der Waals surface area contributed by atoms with E-state index in [2.05, 4.69) is 26.2 Å². The summed E-state index contributed by atoms with van der Waals surface area (Å²) >= 11 is 3.34. The first-order chi connectivity index (χ1) is 13.4. The van der Waals surface area contributed by atoms with Crippen LogP contribution in [0.4, 0.5) is 5.69 Å². The molecule has 0 saturated carbocycles. The number of carbonyl (C=O) groups excluding carboxylic acids is 2. The molecule has 3 rings (SSSR count). The smallest absolute Gasteiger partial charge is 0.339 e. The van der Waals surface area contributed by atoms with Gasteiger partial charge in [0, 0.05) is 17.4 Å². The van der Waals surface area contributed by atoms with Crippen molar-refractivity contribution in [1.29, 1.82) is 0 Å². The van der Waals surface area contributed by atoms with Crippen molar-refractivity contribution < 1.29 is 14.3 Å². The first kappa shape index (κ1) is 19.8. The van der Waals surface area contributed by atoms with Crippen molar-refractivity contribution >= 4 is 44.4 Å². The molecule has 0 aliphatic carbocycles. The Hall–Kier alpha value is -3.00. The molecule has 7 nitrogen and oxygen atoms in total. The molecule has 28 heavy (non-hydrogen) atoms. The fourth-order valence-corrected chi connectivity index (χ4v) is 3.19. The highest BCUT2D eigenvalue weighted by Gasteiger charge is 2.16. The minimum absolute atomic E-state index is 0.0516. The highest BCUT2D eigenvalue weighted by atomic mass is 79.9. The van der Waals surface area contributed by atoms with Gasteiger partial charge in [0.15, 0.2) is 0 Å². The second-order valence-electron chi connectivity index (χ2n) is 6.19. The van der Waals surface area contributed by atoms with Gasteiger partial charge in [-0.15, -0.1) is 0 Å². The van der Waals surface area contributed by atoms with Crippen LogP contribution in [0.25, 0.3) is 10.9 Å². The summed E-state index contributed by atoms with van der Waals surface area (Å²) in [6.07, 6.45) is 1.48. The van der Waals surface area contributed by atoms with Gasteiger partial charge in [-0.2, -0.15) is 0 Å². The fraction of sp³-hybridized carbons (Fsp3) is 0.200. The molecule has 0 saturated heterocycles. The molecule has 0 bridgehead atoms. The first-order valence-corrected chi connectivity index (χ1v) is 9.32. The summed E-state index contributed by atoms with van der Waals surface area (Å²) < 4.78 is 6.94. The van der Waals surface area contributed by atoms with Gasteiger partial charge in [-0.05, 0) is 36.8 Å². The number of nitrogens with one attached hydrogen (secondary N) is 1. The van der Waals surface area contributed by atoms with E-state index in [1.807, 2.05) is 6.07 Å². The normalized spacial score (nSPS) is 10.7. The number of fused-ring (bicyclic) bond motifs is 1. The second-order valence-corrected chi connectivity index (χ2v) is 7.11. The molecule has 0 aliphatic heterocycles. The lowest BCUT2D eigenvalue weighted by Crippen LogP contribution is -2.24. The molecule has 1 aromatic heterocycles. The summed E-state index contributed by atoms with van der Waals surface area (Å²) in [5, 5.41) is 3.22. The van der Waals surface area contributed by atoms with E-state index in [9.17, 15) is 14.4 Å². The van der Waals surface area contributed by atoms with Crippen molar-refractivity contribution in [2.24, 2.45) is 0 Å². The van der Waals surface area contributed by atoms with E-state index in [0.717, 1.165) is 10.0 Å². The summed E-state index contributed by atoms with van der Waals surface area (Å²) in [7, 11) is 1.29. The Morgan fingerprint density at radius 1 is 1.25 bits per heavy atom. The summed E-state index contributed by atoms with van der Waals surface area (Å²) in [5.41, 5.74) is 1.81. The standard InChI is InChI=1S/C20H18BrN3O4/c1-12-4-3-5-14(20(27)28-2)18(12)23-17(25)8-9-24-11-22-16-7-6-13(21)10-15(16)19(24)26/h3-7,10-11H,8-9H2,1-2H3,(H,23,25). The van der Waals surface area contributed by atoms with E-state index in [1.165, 1.54) is 18.0 Å². The van der Waals surface area contributed by atoms with Gasteiger partial charge in [0.2, 0.25) is 5.91 Å². The number of methoxy groups -OCH3 is 1. The Kier molecular flexibility index (Phi) is 5.89. The number of aryl methyl sites for hydroxylation is 2. The number of halogens is 1. The third-order valence-electron chi connectivity index (χ3n) is 4.31. The average molecular weight is 444 g/mol. The lowest BCUT2D eigenvalue weighted by Gasteiger charge is -2.13. The Morgan fingerprint density at radius 3 is 2.79 bits per heavy atom. The van der Waals surface area contributed by atoms with Crippen LogP contribution in [0.2, 0.25) is 0 Å². The highest BCUT2D eigenvalue weighted by Crippen LogP contribution is 2.21. The van der Waals surface area contributed by atoms with E-state index in [4.69, 9.17) is 4.74 Å². The van der Waals surface area contributed by atoms with E-state index in [1.54, 1.807) is 37.3 Å². The molecule has 3 aromatic rings. The van der Waals surface area contributed by atoms with Gasteiger partial charge in [0.25, 0.3) is 5.56 Å².